The number of benzene rings is 2. The molecule has 136 valence electrons. The fourth-order valence-corrected chi connectivity index (χ4v) is 2.50. The van der Waals surface area contributed by atoms with Crippen LogP contribution in [0.2, 0.25) is 0 Å². The van der Waals surface area contributed by atoms with Gasteiger partial charge in [0.05, 0.1) is 27.9 Å². The van der Waals surface area contributed by atoms with Crippen molar-refractivity contribution in [1.29, 1.82) is 0 Å². The van der Waals surface area contributed by atoms with Gasteiger partial charge in [0.25, 0.3) is 0 Å². The average Bonchev–Trinajstić information content (AvgIpc) is 2.61. The molecule has 2 aromatic carbocycles. The molecular formula is C17H21BrIN3O3. The predicted octanol–water partition coefficient (Wildman–Crippen LogP) is 4.02. The molecule has 0 fully saturated rings. The van der Waals surface area contributed by atoms with Gasteiger partial charge in [-0.25, -0.2) is 4.99 Å². The molecule has 2 rings (SSSR count). The minimum atomic E-state index is 0. The molecule has 0 saturated heterocycles. The number of hydrogen-bond donors (Lipinski definition) is 2. The van der Waals surface area contributed by atoms with Crippen molar-refractivity contribution in [3.63, 3.8) is 0 Å². The van der Waals surface area contributed by atoms with E-state index < -0.39 is 0 Å². The Morgan fingerprint density at radius 2 is 1.64 bits per heavy atom. The number of halogens is 2. The molecule has 0 aromatic heterocycles. The summed E-state index contributed by atoms with van der Waals surface area (Å²) in [6.45, 7) is 0.399. The second kappa shape index (κ2) is 10.3. The molecule has 0 unspecified atom stereocenters. The minimum Gasteiger partial charge on any atom is -0.497 e. The molecule has 0 atom stereocenters. The van der Waals surface area contributed by atoms with E-state index in [4.69, 9.17) is 19.9 Å². The van der Waals surface area contributed by atoms with Gasteiger partial charge >= 0.3 is 0 Å². The molecule has 0 amide bonds. The first-order chi connectivity index (χ1) is 11.6. The maximum absolute atomic E-state index is 5.94. The maximum Gasteiger partial charge on any atom is 0.193 e. The zero-order chi connectivity index (χ0) is 17.5. The minimum absolute atomic E-state index is 0. The molecule has 0 radical (unpaired) electrons. The highest BCUT2D eigenvalue weighted by Crippen LogP contribution is 2.33. The fraction of sp³-hybridized carbons (Fsp3) is 0.235. The third-order valence-corrected chi connectivity index (χ3v) is 4.07. The number of nitrogens with zero attached hydrogens (tertiary/aromatic N) is 1. The summed E-state index contributed by atoms with van der Waals surface area (Å²) in [6.07, 6.45) is 0. The SMILES string of the molecule is COc1ccc(NC(N)=NCc2cc(OC)c(OC)cc2Br)cc1.I. The number of anilines is 1. The molecule has 25 heavy (non-hydrogen) atoms. The van der Waals surface area contributed by atoms with Crippen molar-refractivity contribution in [1.82, 2.24) is 0 Å². The van der Waals surface area contributed by atoms with Crippen LogP contribution >= 0.6 is 39.9 Å². The molecule has 0 heterocycles. The van der Waals surface area contributed by atoms with Crippen LogP contribution in [0.15, 0.2) is 45.9 Å². The molecule has 0 spiro atoms. The predicted molar refractivity (Wildman–Crippen MR) is 115 cm³/mol. The number of rotatable bonds is 6. The smallest absolute Gasteiger partial charge is 0.193 e. The van der Waals surface area contributed by atoms with Crippen LogP contribution < -0.4 is 25.3 Å². The van der Waals surface area contributed by atoms with E-state index >= 15 is 0 Å². The van der Waals surface area contributed by atoms with E-state index in [2.05, 4.69) is 26.2 Å². The lowest BCUT2D eigenvalue weighted by molar-refractivity contribution is 0.354. The van der Waals surface area contributed by atoms with Crippen LogP contribution in [-0.2, 0) is 6.54 Å². The summed E-state index contributed by atoms with van der Waals surface area (Å²) in [6, 6.07) is 11.1. The zero-order valence-electron chi connectivity index (χ0n) is 14.2. The lowest BCUT2D eigenvalue weighted by Crippen LogP contribution is -2.22. The van der Waals surface area contributed by atoms with Crippen molar-refractivity contribution in [3.8, 4) is 17.2 Å². The Balaban J connectivity index is 0.00000312. The lowest BCUT2D eigenvalue weighted by Gasteiger charge is -2.11. The average molecular weight is 522 g/mol. The number of guanidine groups is 1. The molecule has 0 bridgehead atoms. The summed E-state index contributed by atoms with van der Waals surface area (Å²) in [4.78, 5) is 4.35. The molecule has 3 N–H and O–H groups in total. The molecule has 0 aliphatic heterocycles. The van der Waals surface area contributed by atoms with Gasteiger partial charge in [-0.15, -0.1) is 24.0 Å². The maximum atomic E-state index is 5.94. The quantitative estimate of drug-likeness (QED) is 0.341. The van der Waals surface area contributed by atoms with E-state index in [1.165, 1.54) is 0 Å². The second-order valence-corrected chi connectivity index (χ2v) is 5.71. The van der Waals surface area contributed by atoms with Crippen LogP contribution in [-0.4, -0.2) is 27.3 Å². The Hall–Kier alpha value is -1.68. The Morgan fingerprint density at radius 1 is 1.04 bits per heavy atom. The summed E-state index contributed by atoms with van der Waals surface area (Å²) >= 11 is 3.50. The summed E-state index contributed by atoms with van der Waals surface area (Å²) in [7, 11) is 4.82. The van der Waals surface area contributed by atoms with Gasteiger partial charge in [-0.3, -0.25) is 0 Å². The van der Waals surface area contributed by atoms with Crippen molar-refractivity contribution >= 4 is 51.6 Å². The standard InChI is InChI=1S/C17H20BrN3O3.HI/c1-22-13-6-4-12(5-7-13)21-17(19)20-10-11-8-15(23-2)16(24-3)9-14(11)18;/h4-9H,10H2,1-3H3,(H3,19,20,21);1H. The molecule has 0 aliphatic rings. The van der Waals surface area contributed by atoms with Gasteiger partial charge in [0, 0.05) is 10.2 Å². The number of methoxy groups -OCH3 is 3. The van der Waals surface area contributed by atoms with Gasteiger partial charge < -0.3 is 25.3 Å². The van der Waals surface area contributed by atoms with E-state index in [1.807, 2.05) is 36.4 Å². The Morgan fingerprint density at radius 3 is 2.20 bits per heavy atom. The molecule has 2 aromatic rings. The fourth-order valence-electron chi connectivity index (χ4n) is 2.05. The van der Waals surface area contributed by atoms with E-state index in [-0.39, 0.29) is 24.0 Å². The van der Waals surface area contributed by atoms with Gasteiger partial charge in [-0.1, -0.05) is 15.9 Å². The highest BCUT2D eigenvalue weighted by molar-refractivity contribution is 14.0. The molecule has 0 aliphatic carbocycles. The van der Waals surface area contributed by atoms with Crippen LogP contribution in [0.1, 0.15) is 5.56 Å². The van der Waals surface area contributed by atoms with Crippen molar-refractivity contribution in [2.75, 3.05) is 26.6 Å². The first-order valence-electron chi connectivity index (χ1n) is 7.18. The monoisotopic (exact) mass is 521 g/mol. The van der Waals surface area contributed by atoms with Crippen LogP contribution in [0.3, 0.4) is 0 Å². The highest BCUT2D eigenvalue weighted by Gasteiger charge is 2.09. The largest absolute Gasteiger partial charge is 0.497 e. The van der Waals surface area contributed by atoms with Crippen molar-refractivity contribution < 1.29 is 14.2 Å². The van der Waals surface area contributed by atoms with Crippen LogP contribution in [0.25, 0.3) is 0 Å². The molecule has 6 nitrogen and oxygen atoms in total. The van der Waals surface area contributed by atoms with Crippen LogP contribution in [0.4, 0.5) is 5.69 Å². The van der Waals surface area contributed by atoms with E-state index in [0.717, 1.165) is 21.5 Å². The number of hydrogen-bond acceptors (Lipinski definition) is 4. The van der Waals surface area contributed by atoms with Gasteiger partial charge in [0.1, 0.15) is 5.75 Å². The van der Waals surface area contributed by atoms with Crippen molar-refractivity contribution in [3.05, 3.63) is 46.4 Å². The third-order valence-electron chi connectivity index (χ3n) is 3.33. The molecule has 0 saturated carbocycles. The number of aliphatic imine (C=N–C) groups is 1. The van der Waals surface area contributed by atoms with Crippen molar-refractivity contribution in [2.45, 2.75) is 6.54 Å². The second-order valence-electron chi connectivity index (χ2n) is 4.85. The zero-order valence-corrected chi connectivity index (χ0v) is 18.1. The first kappa shape index (κ1) is 21.4. The molecular weight excluding hydrogens is 501 g/mol. The van der Waals surface area contributed by atoms with Gasteiger partial charge in [0.2, 0.25) is 0 Å². The topological polar surface area (TPSA) is 78.1 Å². The lowest BCUT2D eigenvalue weighted by atomic mass is 10.2. The number of nitrogens with two attached hydrogens (primary N) is 1. The Labute approximate surface area is 172 Å². The van der Waals surface area contributed by atoms with E-state index in [9.17, 15) is 0 Å². The number of nitrogens with one attached hydrogen (secondary N) is 1. The summed E-state index contributed by atoms with van der Waals surface area (Å²) in [5, 5.41) is 3.04. The van der Waals surface area contributed by atoms with Crippen LogP contribution in [0.5, 0.6) is 17.2 Å². The normalized spacial score (nSPS) is 10.6. The highest BCUT2D eigenvalue weighted by atomic mass is 127. The van der Waals surface area contributed by atoms with E-state index in [1.54, 1.807) is 21.3 Å². The van der Waals surface area contributed by atoms with Crippen LogP contribution in [0, 0.1) is 0 Å². The third kappa shape index (κ3) is 5.96. The van der Waals surface area contributed by atoms with Crippen molar-refractivity contribution in [2.24, 2.45) is 10.7 Å². The Bertz CT molecular complexity index is 724. The van der Waals surface area contributed by atoms with E-state index in [0.29, 0.717) is 24.0 Å². The summed E-state index contributed by atoms with van der Waals surface area (Å²) in [5.74, 6) is 2.40. The molecule has 8 heteroatoms. The number of ether oxygens (including phenoxy) is 3. The first-order valence-corrected chi connectivity index (χ1v) is 7.98. The Kier molecular flexibility index (Phi) is 8.84. The van der Waals surface area contributed by atoms with Gasteiger partial charge in [-0.2, -0.15) is 0 Å². The van der Waals surface area contributed by atoms with Gasteiger partial charge in [0.15, 0.2) is 17.5 Å². The summed E-state index contributed by atoms with van der Waals surface area (Å²) < 4.78 is 16.6. The van der Waals surface area contributed by atoms with Gasteiger partial charge in [-0.05, 0) is 42.0 Å². The summed E-state index contributed by atoms with van der Waals surface area (Å²) in [5.41, 5.74) is 7.71.